The van der Waals surface area contributed by atoms with Gasteiger partial charge >= 0.3 is 5.97 Å². The van der Waals surface area contributed by atoms with Gasteiger partial charge in [0, 0.05) is 0 Å². The van der Waals surface area contributed by atoms with Gasteiger partial charge in [-0.15, -0.1) is 0 Å². The molecule has 1 unspecified atom stereocenters. The third kappa shape index (κ3) is 4.03. The number of likely N-dealkylation sites (N-methyl/N-ethyl adjacent to an activating group) is 1. The molecule has 0 aromatic carbocycles. The monoisotopic (exact) mass is 131 g/mol. The fraction of sp³-hybridized carbons (Fsp3) is 0.800. The highest BCUT2D eigenvalue weighted by molar-refractivity contribution is 5.75. The van der Waals surface area contributed by atoms with Crippen LogP contribution in [0.25, 0.3) is 0 Å². The summed E-state index contributed by atoms with van der Waals surface area (Å²) in [5, 5.41) is 8.31. The first kappa shape index (κ1) is 11.3. The van der Waals surface area contributed by atoms with Gasteiger partial charge in [-0.05, 0) is 21.0 Å². The van der Waals surface area contributed by atoms with Gasteiger partial charge in [0.05, 0.1) is 8.41 Å². The summed E-state index contributed by atoms with van der Waals surface area (Å²) in [6, 6.07) is -0.380. The van der Waals surface area contributed by atoms with Crippen molar-refractivity contribution < 1.29 is 9.90 Å². The summed E-state index contributed by atoms with van der Waals surface area (Å²) in [6.07, 6.45) is 0. The van der Waals surface area contributed by atoms with E-state index in [-0.39, 0.29) is 14.5 Å². The van der Waals surface area contributed by atoms with E-state index in [4.69, 9.17) is 5.11 Å². The number of hydrogen-bond donors (Lipinski definition) is 1. The van der Waals surface area contributed by atoms with Crippen LogP contribution in [0.3, 0.4) is 0 Å². The minimum Gasteiger partial charge on any atom is -0.480 e. The second-order valence-electron chi connectivity index (χ2n) is 1.98. The van der Waals surface area contributed by atoms with Crippen LogP contribution in [-0.2, 0) is 4.79 Å². The molecule has 0 heterocycles. The Morgan fingerprint density at radius 3 is 1.89 bits per heavy atom. The second kappa shape index (κ2) is 4.38. The third-order valence-electron chi connectivity index (χ3n) is 1.13. The van der Waals surface area contributed by atoms with Crippen LogP contribution in [0, 0.1) is 0 Å². The highest BCUT2D eigenvalue weighted by Gasteiger charge is 2.11. The molecule has 0 aliphatic rings. The van der Waals surface area contributed by atoms with E-state index >= 15 is 0 Å². The molecule has 1 N–H and O–H groups in total. The van der Waals surface area contributed by atoms with Crippen LogP contribution in [0.2, 0.25) is 0 Å². The highest BCUT2D eigenvalue weighted by atomic mass is 16.4. The van der Waals surface area contributed by atoms with Crippen LogP contribution >= 0.6 is 0 Å². The Bertz CT molecular complexity index is 95.0. The van der Waals surface area contributed by atoms with Gasteiger partial charge in [-0.3, -0.25) is 9.69 Å². The lowest BCUT2D eigenvalue weighted by Gasteiger charge is -2.13. The summed E-state index contributed by atoms with van der Waals surface area (Å²) in [5.74, 6) is -0.782. The predicted molar refractivity (Wildman–Crippen MR) is 40.7 cm³/mol. The van der Waals surface area contributed by atoms with Crippen molar-refractivity contribution in [2.75, 3.05) is 14.1 Å². The Labute approximate surface area is 57.2 Å². The molecule has 0 aliphatic heterocycles. The smallest absolute Gasteiger partial charge is 0.320 e. The summed E-state index contributed by atoms with van der Waals surface area (Å²) < 4.78 is 0. The van der Waals surface area contributed by atoms with Crippen molar-refractivity contribution in [1.29, 1.82) is 0 Å². The molecule has 0 aliphatic carbocycles. The SMILES string of the molecule is B.CC(C(=O)O)N(C)C. The Balaban J connectivity index is 0. The van der Waals surface area contributed by atoms with Gasteiger partial charge < -0.3 is 5.11 Å². The first-order chi connectivity index (χ1) is 3.55. The van der Waals surface area contributed by atoms with E-state index in [9.17, 15) is 4.79 Å². The number of aliphatic carboxylic acids is 1. The summed E-state index contributed by atoms with van der Waals surface area (Å²) in [7, 11) is 3.47. The van der Waals surface area contributed by atoms with E-state index in [1.54, 1.807) is 25.9 Å². The van der Waals surface area contributed by atoms with Gasteiger partial charge in [0.15, 0.2) is 0 Å². The number of hydrogen-bond acceptors (Lipinski definition) is 2. The van der Waals surface area contributed by atoms with E-state index in [1.807, 2.05) is 0 Å². The molecular formula is C5H14BNO2. The van der Waals surface area contributed by atoms with E-state index in [1.165, 1.54) is 0 Å². The number of carboxylic acid groups (broad SMARTS) is 1. The Kier molecular flexibility index (Phi) is 5.51. The maximum Gasteiger partial charge on any atom is 0.320 e. The van der Waals surface area contributed by atoms with Gasteiger partial charge in [0.1, 0.15) is 6.04 Å². The molecule has 0 fully saturated rings. The van der Waals surface area contributed by atoms with Gasteiger partial charge in [-0.2, -0.15) is 0 Å². The van der Waals surface area contributed by atoms with E-state index in [2.05, 4.69) is 0 Å². The maximum atomic E-state index is 10.1. The van der Waals surface area contributed by atoms with Gasteiger partial charge in [-0.1, -0.05) is 0 Å². The summed E-state index contributed by atoms with van der Waals surface area (Å²) in [4.78, 5) is 11.7. The Hall–Kier alpha value is -0.505. The van der Waals surface area contributed by atoms with E-state index in [0.29, 0.717) is 0 Å². The van der Waals surface area contributed by atoms with Gasteiger partial charge in [-0.25, -0.2) is 0 Å². The standard InChI is InChI=1S/C5H11NO2.BH3/c1-4(5(7)8)6(2)3;/h4H,1-3H3,(H,7,8);1H3. The molecule has 0 rings (SSSR count). The zero-order valence-electron chi connectivity index (χ0n) is 5.38. The fourth-order valence-electron chi connectivity index (χ4n) is 0.221. The molecule has 0 amide bonds. The molecule has 0 saturated carbocycles. The van der Waals surface area contributed by atoms with Crippen LogP contribution < -0.4 is 0 Å². The van der Waals surface area contributed by atoms with Crippen LogP contribution in [0.5, 0.6) is 0 Å². The molecule has 9 heavy (non-hydrogen) atoms. The lowest BCUT2D eigenvalue weighted by molar-refractivity contribution is -0.141. The zero-order valence-corrected chi connectivity index (χ0v) is 5.38. The largest absolute Gasteiger partial charge is 0.480 e. The predicted octanol–water partition coefficient (Wildman–Crippen LogP) is -1.16. The highest BCUT2D eigenvalue weighted by Crippen LogP contribution is 1.88. The molecular weight excluding hydrogens is 117 g/mol. The first-order valence-electron chi connectivity index (χ1n) is 2.45. The normalized spacial score (nSPS) is 12.4. The molecule has 0 aromatic rings. The minimum absolute atomic E-state index is 0. The van der Waals surface area contributed by atoms with Gasteiger partial charge in [0.2, 0.25) is 0 Å². The van der Waals surface area contributed by atoms with Gasteiger partial charge in [0.25, 0.3) is 0 Å². The third-order valence-corrected chi connectivity index (χ3v) is 1.13. The number of carboxylic acids is 1. The number of rotatable bonds is 2. The summed E-state index contributed by atoms with van der Waals surface area (Å²) >= 11 is 0. The average Bonchev–Trinajstić information content (AvgIpc) is 1.64. The van der Waals surface area contributed by atoms with E-state index in [0.717, 1.165) is 0 Å². The van der Waals surface area contributed by atoms with Crippen LogP contribution in [-0.4, -0.2) is 44.5 Å². The lowest BCUT2D eigenvalue weighted by atomic mass is 10.3. The maximum absolute atomic E-state index is 10.1. The molecule has 0 saturated heterocycles. The average molecular weight is 131 g/mol. The quantitative estimate of drug-likeness (QED) is 0.480. The number of nitrogens with zero attached hydrogens (tertiary/aromatic N) is 1. The van der Waals surface area contributed by atoms with Crippen molar-refractivity contribution in [3.05, 3.63) is 0 Å². The van der Waals surface area contributed by atoms with Crippen molar-refractivity contribution in [3.63, 3.8) is 0 Å². The molecule has 3 nitrogen and oxygen atoms in total. The first-order valence-corrected chi connectivity index (χ1v) is 2.45. The Morgan fingerprint density at radius 1 is 1.56 bits per heavy atom. The molecule has 1 atom stereocenters. The molecule has 0 bridgehead atoms. The van der Waals surface area contributed by atoms with Crippen LogP contribution in [0.1, 0.15) is 6.92 Å². The van der Waals surface area contributed by atoms with Crippen molar-refractivity contribution in [3.8, 4) is 0 Å². The summed E-state index contributed by atoms with van der Waals surface area (Å²) in [5.41, 5.74) is 0. The second-order valence-corrected chi connectivity index (χ2v) is 1.98. The lowest BCUT2D eigenvalue weighted by Crippen LogP contribution is -2.32. The zero-order chi connectivity index (χ0) is 6.73. The molecule has 0 radical (unpaired) electrons. The minimum atomic E-state index is -0.782. The van der Waals surface area contributed by atoms with Crippen molar-refractivity contribution in [1.82, 2.24) is 4.90 Å². The van der Waals surface area contributed by atoms with E-state index < -0.39 is 5.97 Å². The molecule has 4 heteroatoms. The van der Waals surface area contributed by atoms with Crippen LogP contribution in [0.15, 0.2) is 0 Å². The topological polar surface area (TPSA) is 40.5 Å². The van der Waals surface area contributed by atoms with Crippen molar-refractivity contribution in [2.45, 2.75) is 13.0 Å². The molecule has 54 valence electrons. The summed E-state index contributed by atoms with van der Waals surface area (Å²) in [6.45, 7) is 1.64. The molecule has 0 spiro atoms. The van der Waals surface area contributed by atoms with Crippen LogP contribution in [0.4, 0.5) is 0 Å². The van der Waals surface area contributed by atoms with Crippen molar-refractivity contribution >= 4 is 14.4 Å². The fourth-order valence-corrected chi connectivity index (χ4v) is 0.221. The number of carbonyl (C=O) groups is 1. The molecule has 0 aromatic heterocycles. The van der Waals surface area contributed by atoms with Crippen molar-refractivity contribution in [2.24, 2.45) is 0 Å². The Morgan fingerprint density at radius 2 is 1.89 bits per heavy atom.